The van der Waals surface area contributed by atoms with E-state index in [4.69, 9.17) is 72.4 Å². The van der Waals surface area contributed by atoms with Crippen LogP contribution in [-0.4, -0.2) is 296 Å². The molecule has 0 unspecified atom stereocenters. The summed E-state index contributed by atoms with van der Waals surface area (Å²) in [7, 11) is 3.19. The fraction of sp³-hybridized carbons (Fsp3) is 0.663. The molecule has 8 N–H and O–H groups in total. The number of methoxy groups -OCH3 is 2. The lowest BCUT2D eigenvalue weighted by atomic mass is 9.78. The molecule has 2 bridgehead atoms. The third-order valence-corrected chi connectivity index (χ3v) is 24.5. The van der Waals surface area contributed by atoms with E-state index < -0.39 is 102 Å². The van der Waals surface area contributed by atoms with Gasteiger partial charge in [0, 0.05) is 94.3 Å². The van der Waals surface area contributed by atoms with Gasteiger partial charge in [-0.2, -0.15) is 5.10 Å². The number of nitrogens with one attached hydrogen (secondary N) is 2. The number of hydrogen-bond acceptors (Lipinski definition) is 27. The van der Waals surface area contributed by atoms with Gasteiger partial charge in [0.25, 0.3) is 11.7 Å². The Bertz CT molecular complexity index is 4290. The van der Waals surface area contributed by atoms with Crippen LogP contribution >= 0.6 is 0 Å². The number of ketones is 2. The number of allylic oxidation sites excluding steroid dienone is 5. The number of carbonyl (C=O) groups is 5. The molecule has 1 aromatic carbocycles. The lowest BCUT2D eigenvalue weighted by Gasteiger charge is -2.43. The molecule has 1 saturated carbocycles. The first-order valence-electron chi connectivity index (χ1n) is 44.5. The summed E-state index contributed by atoms with van der Waals surface area (Å²) in [5.41, 5.74) is 13.9. The Kier molecular flexibility index (Phi) is 40.1. The van der Waals surface area contributed by atoms with Crippen molar-refractivity contribution in [1.29, 1.82) is 0 Å². The number of alkyl carbamates (subject to hydrolysis) is 1. The summed E-state index contributed by atoms with van der Waals surface area (Å²) in [5.74, 6) is -6.15. The number of pyridine rings is 1. The molecule has 5 aliphatic rings. The number of aliphatic hydroxyl groups excluding tert-OH is 3. The maximum absolute atomic E-state index is 14.5. The van der Waals surface area contributed by atoms with Crippen molar-refractivity contribution in [3.63, 3.8) is 0 Å². The van der Waals surface area contributed by atoms with Crippen molar-refractivity contribution in [2.24, 2.45) is 35.5 Å². The molecule has 4 aromatic heterocycles. The molecule has 124 heavy (non-hydrogen) atoms. The second-order valence-corrected chi connectivity index (χ2v) is 33.8. The van der Waals surface area contributed by atoms with E-state index in [0.29, 0.717) is 211 Å². The Hall–Kier alpha value is -7.87. The van der Waals surface area contributed by atoms with Crippen LogP contribution in [0.1, 0.15) is 149 Å². The summed E-state index contributed by atoms with van der Waals surface area (Å²) >= 11 is 0. The number of rotatable bonds is 36. The van der Waals surface area contributed by atoms with Crippen molar-refractivity contribution in [3.8, 4) is 11.3 Å². The van der Waals surface area contributed by atoms with E-state index in [9.17, 15) is 44.4 Å². The van der Waals surface area contributed by atoms with E-state index in [2.05, 4.69) is 50.4 Å². The molecule has 2 saturated heterocycles. The van der Waals surface area contributed by atoms with Crippen molar-refractivity contribution in [2.75, 3.05) is 152 Å². The molecule has 3 fully saturated rings. The minimum absolute atomic E-state index is 0.0367. The SMILES string of the molecule is CO[C@H]1C[C@@H]2CC[C@@H](C)[C@@](O)(O2)C(=O)C(=O)N2CCCC[C@H]2CO[C@H]([C@H](C)C[C@@H]2CC[C@@H](OC(=O)NCCOCCOCCOCCOCCOCCOCCOCCOCCC(=O)N3CCc4cc(Cn5nc(-c6cnc7[nH]ccc7c6)c6c(N)ncnc65)ccc4C3)[C@H](OC)C2)C[C@@H](O)[C@H](C)/C=C(\C)[C@@H](O)[C@@H](O)C(=O)[C@H](C)C[C@H](C)/C=C/C=C/C=C/1C. The van der Waals surface area contributed by atoms with Crippen LogP contribution in [0.3, 0.4) is 0 Å². The van der Waals surface area contributed by atoms with E-state index in [-0.39, 0.29) is 62.8 Å². The first-order chi connectivity index (χ1) is 59.9. The lowest BCUT2D eigenvalue weighted by Crippen LogP contribution is -2.60. The highest BCUT2D eigenvalue weighted by molar-refractivity contribution is 6.38. The predicted molar refractivity (Wildman–Crippen MR) is 464 cm³/mol. The predicted octanol–water partition coefficient (Wildman–Crippen LogP) is 8.95. The zero-order valence-electron chi connectivity index (χ0n) is 74.0. The largest absolute Gasteiger partial charge is 0.443 e. The number of benzene rings is 1. The first-order valence-corrected chi connectivity index (χ1v) is 44.5. The molecule has 16 atom stereocenters. The average Bonchev–Trinajstić information content (AvgIpc) is 1.51. The summed E-state index contributed by atoms with van der Waals surface area (Å²) in [6, 6.07) is 9.83. The molecular weight excluding hydrogens is 1600 g/mol. The molecule has 0 radical (unpaired) electrons. The fourth-order valence-corrected chi connectivity index (χ4v) is 17.1. The van der Waals surface area contributed by atoms with Crippen LogP contribution in [0.4, 0.5) is 10.6 Å². The molecule has 686 valence electrons. The van der Waals surface area contributed by atoms with Crippen molar-refractivity contribution < 1.29 is 106 Å². The number of anilines is 1. The molecule has 8 heterocycles. The molecule has 5 aromatic rings. The van der Waals surface area contributed by atoms with E-state index >= 15 is 0 Å². The zero-order chi connectivity index (χ0) is 88.5. The minimum atomic E-state index is -2.36. The fourth-order valence-electron chi connectivity index (χ4n) is 17.1. The van der Waals surface area contributed by atoms with Gasteiger partial charge in [-0.05, 0) is 142 Å². The lowest BCUT2D eigenvalue weighted by molar-refractivity contribution is -0.265. The third kappa shape index (κ3) is 29.1. The summed E-state index contributed by atoms with van der Waals surface area (Å²) in [4.78, 5) is 88.7. The number of fused-ring (bicyclic) bond motifs is 6. The quantitative estimate of drug-likeness (QED) is 0.0112. The first kappa shape index (κ1) is 98.3. The van der Waals surface area contributed by atoms with Crippen LogP contribution in [0.25, 0.3) is 33.3 Å². The van der Waals surface area contributed by atoms with Gasteiger partial charge in [0.05, 0.1) is 167 Å². The number of Topliss-reactive ketones (excluding diaryl/α,β-unsaturated/α-hetero) is 2. The highest BCUT2D eigenvalue weighted by Crippen LogP contribution is 2.40. The molecule has 0 spiro atoms. The van der Waals surface area contributed by atoms with Crippen LogP contribution in [0.5, 0.6) is 0 Å². The maximum Gasteiger partial charge on any atom is 0.407 e. The van der Waals surface area contributed by atoms with Crippen LogP contribution < -0.4 is 11.1 Å². The number of aliphatic hydroxyl groups is 4. The number of aromatic amines is 1. The maximum atomic E-state index is 14.5. The van der Waals surface area contributed by atoms with Gasteiger partial charge in [-0.1, -0.05) is 89.3 Å². The van der Waals surface area contributed by atoms with Crippen LogP contribution in [0, 0.1) is 35.5 Å². The Morgan fingerprint density at radius 3 is 2.09 bits per heavy atom. The van der Waals surface area contributed by atoms with Crippen LogP contribution in [-0.2, 0) is 100 Å². The molecule has 1 aliphatic carbocycles. The van der Waals surface area contributed by atoms with Gasteiger partial charge < -0.3 is 108 Å². The monoisotopic (exact) mass is 1730 g/mol. The van der Waals surface area contributed by atoms with E-state index in [0.717, 1.165) is 46.1 Å². The number of nitrogens with zero attached hydrogens (tertiary/aromatic N) is 7. The number of hydrogen-bond donors (Lipinski definition) is 7. The van der Waals surface area contributed by atoms with Gasteiger partial charge in [-0.3, -0.25) is 19.2 Å². The van der Waals surface area contributed by atoms with Crippen molar-refractivity contribution in [3.05, 3.63) is 113 Å². The number of aromatic nitrogens is 6. The number of carbonyl (C=O) groups excluding carboxylic acids is 5. The van der Waals surface area contributed by atoms with Gasteiger partial charge in [0.15, 0.2) is 11.4 Å². The molecule has 10 rings (SSSR count). The highest BCUT2D eigenvalue weighted by Gasteiger charge is 2.53. The Morgan fingerprint density at radius 1 is 0.718 bits per heavy atom. The molecule has 32 nitrogen and oxygen atoms in total. The third-order valence-electron chi connectivity index (χ3n) is 24.5. The van der Waals surface area contributed by atoms with E-state index in [1.165, 1.54) is 16.8 Å². The number of nitrogen functional groups attached to an aromatic ring is 1. The van der Waals surface area contributed by atoms with Gasteiger partial charge in [0.2, 0.25) is 11.7 Å². The smallest absolute Gasteiger partial charge is 0.407 e. The summed E-state index contributed by atoms with van der Waals surface area (Å²) in [6.45, 7) is 21.1. The van der Waals surface area contributed by atoms with E-state index in [1.807, 2.05) is 72.1 Å². The molecule has 3 amide bonds. The van der Waals surface area contributed by atoms with Gasteiger partial charge >= 0.3 is 6.09 Å². The molecule has 4 aliphatic heterocycles. The minimum Gasteiger partial charge on any atom is -0.443 e. The Labute approximate surface area is 728 Å². The topological polar surface area (TPSA) is 403 Å². The van der Waals surface area contributed by atoms with Crippen LogP contribution in [0.15, 0.2) is 96.7 Å². The zero-order valence-corrected chi connectivity index (χ0v) is 74.0. The normalized spacial score (nSPS) is 28.0. The number of amides is 3. The van der Waals surface area contributed by atoms with Gasteiger partial charge in [-0.25, -0.2) is 24.4 Å². The van der Waals surface area contributed by atoms with E-state index in [1.54, 1.807) is 54.2 Å². The number of piperidine rings is 1. The number of nitrogens with two attached hydrogens (primary N) is 1. The highest BCUT2D eigenvalue weighted by atomic mass is 16.6. The number of H-pyrrole nitrogens is 1. The van der Waals surface area contributed by atoms with Crippen molar-refractivity contribution in [1.82, 2.24) is 44.8 Å². The summed E-state index contributed by atoms with van der Waals surface area (Å²) in [6.07, 6.45) is 16.4. The molecule has 32 heteroatoms. The Balaban J connectivity index is 0.543. The Morgan fingerprint density at radius 2 is 1.40 bits per heavy atom. The summed E-state index contributed by atoms with van der Waals surface area (Å²) < 4.78 is 77.9. The second kappa shape index (κ2) is 50.6. The van der Waals surface area contributed by atoms with Crippen molar-refractivity contribution in [2.45, 2.75) is 212 Å². The second-order valence-electron chi connectivity index (χ2n) is 33.8. The summed E-state index contributed by atoms with van der Waals surface area (Å²) in [5, 5.41) is 56.1. The van der Waals surface area contributed by atoms with Gasteiger partial charge in [0.1, 0.15) is 41.8 Å². The van der Waals surface area contributed by atoms with Gasteiger partial charge in [-0.15, -0.1) is 0 Å². The molecular formula is C92H136N10O22. The standard InChI is InChI=1S/C92H136N10O22/c1-60-15-11-10-12-16-61(2)77(112-8)53-74-22-18-66(7)92(111,124-74)86(108)90(109)101-29-14-13-17-73(101)58-122-78(54-75(103)62(3)48-65(6)84(106)85(107)83(105)64(5)47-60)63(4)49-67-20-23-76(79(51-67)113-9)123-91(110)95-28-32-115-34-36-117-38-40-119-42-44-121-46-45-120-43-41-118-39-37-116-35-33-114-31-26-80(104)100-30-25-69-50-68(19-21-71(69)57-100)56-102-89-81(87(93)97-59-98-89)82(99-102)72-52-70-24-27-94-88(70)96-55-72/h10-12,15-16,19,21,24,27,48,50,52,55,59-60,62-64,66-67,73-79,84-85,103,106-107,111H,13-14,17-18,20,22-23,25-26,28-47,49,51,53-54,56-58H2,1-9H3,(H,94,96)(H,95,110)(H2,93,97,98)/b12-10+,15-11+,61-16+,65-48+/t60-,62-,63-,64-,66-,67+,73+,74+,75-,76-,77+,78+,79-,84-,85+,92-/m1/s1. The van der Waals surface area contributed by atoms with Crippen LogP contribution in [0.2, 0.25) is 0 Å². The average molecular weight is 1730 g/mol. The number of ether oxygens (including phenoxy) is 13. The van der Waals surface area contributed by atoms with Crippen molar-refractivity contribution >= 4 is 57.4 Å².